The highest BCUT2D eigenvalue weighted by molar-refractivity contribution is 6.00. The van der Waals surface area contributed by atoms with E-state index < -0.39 is 53.3 Å². The maximum atomic E-state index is 13.3. The predicted octanol–water partition coefficient (Wildman–Crippen LogP) is 1.64. The number of anilines is 1. The van der Waals surface area contributed by atoms with Crippen LogP contribution >= 0.6 is 0 Å². The van der Waals surface area contributed by atoms with Crippen molar-refractivity contribution in [2.45, 2.75) is 58.2 Å². The van der Waals surface area contributed by atoms with Crippen molar-refractivity contribution in [3.63, 3.8) is 0 Å². The maximum absolute atomic E-state index is 13.3. The van der Waals surface area contributed by atoms with Crippen molar-refractivity contribution in [2.75, 3.05) is 5.32 Å². The number of amides is 4. The Hall–Kier alpha value is -5.00. The van der Waals surface area contributed by atoms with E-state index >= 15 is 0 Å². The molecule has 0 saturated heterocycles. The van der Waals surface area contributed by atoms with Crippen LogP contribution in [0.1, 0.15) is 37.8 Å². The second kappa shape index (κ2) is 13.9. The van der Waals surface area contributed by atoms with E-state index in [4.69, 9.17) is 9.52 Å². The Morgan fingerprint density at radius 2 is 1.49 bits per heavy atom. The predicted molar refractivity (Wildman–Crippen MR) is 150 cm³/mol. The van der Waals surface area contributed by atoms with Gasteiger partial charge in [0.25, 0.3) is 0 Å². The second-order valence-electron chi connectivity index (χ2n) is 9.61. The number of fused-ring (bicyclic) bond motifs is 1. The molecule has 0 bridgehead atoms. The fourth-order valence-electron chi connectivity index (χ4n) is 3.99. The molecular weight excluding hydrogens is 532 g/mol. The van der Waals surface area contributed by atoms with Crippen molar-refractivity contribution in [2.24, 2.45) is 0 Å². The highest BCUT2D eigenvalue weighted by Crippen LogP contribution is 2.21. The third-order valence-electron chi connectivity index (χ3n) is 6.22. The molecule has 0 aliphatic rings. The van der Waals surface area contributed by atoms with E-state index in [0.717, 1.165) is 11.1 Å². The van der Waals surface area contributed by atoms with Gasteiger partial charge in [0.05, 0.1) is 6.42 Å². The summed E-state index contributed by atoms with van der Waals surface area (Å²) in [6.07, 6.45) is -0.518. The summed E-state index contributed by atoms with van der Waals surface area (Å²) in [6, 6.07) is 12.2. The van der Waals surface area contributed by atoms with Gasteiger partial charge >= 0.3 is 11.6 Å². The van der Waals surface area contributed by atoms with Gasteiger partial charge in [0.15, 0.2) is 0 Å². The molecule has 4 amide bonds. The molecule has 1 heterocycles. The van der Waals surface area contributed by atoms with Crippen LogP contribution in [0.2, 0.25) is 0 Å². The zero-order valence-electron chi connectivity index (χ0n) is 22.9. The lowest BCUT2D eigenvalue weighted by Crippen LogP contribution is -2.55. The quantitative estimate of drug-likeness (QED) is 0.206. The van der Waals surface area contributed by atoms with Gasteiger partial charge in [0.2, 0.25) is 23.6 Å². The minimum atomic E-state index is -1.14. The molecule has 3 rings (SSSR count). The van der Waals surface area contributed by atoms with Crippen LogP contribution < -0.4 is 26.9 Å². The van der Waals surface area contributed by atoms with Crippen LogP contribution in [-0.2, 0) is 30.4 Å². The number of benzene rings is 2. The van der Waals surface area contributed by atoms with E-state index in [-0.39, 0.29) is 19.3 Å². The first kappa shape index (κ1) is 30.5. The van der Waals surface area contributed by atoms with Crippen molar-refractivity contribution in [3.05, 3.63) is 76.1 Å². The number of carboxylic acids is 1. The van der Waals surface area contributed by atoms with Crippen molar-refractivity contribution in [1.29, 1.82) is 0 Å². The van der Waals surface area contributed by atoms with Gasteiger partial charge in [-0.15, -0.1) is 0 Å². The number of aryl methyl sites for hydroxylation is 1. The molecule has 216 valence electrons. The highest BCUT2D eigenvalue weighted by atomic mass is 16.4. The zero-order valence-corrected chi connectivity index (χ0v) is 22.9. The van der Waals surface area contributed by atoms with Crippen LogP contribution in [-0.4, -0.2) is 52.8 Å². The molecule has 12 nitrogen and oxygen atoms in total. The molecule has 1 aromatic heterocycles. The Morgan fingerprint density at radius 1 is 0.829 bits per heavy atom. The van der Waals surface area contributed by atoms with E-state index in [1.165, 1.54) is 26.0 Å². The van der Waals surface area contributed by atoms with Gasteiger partial charge in [-0.3, -0.25) is 24.0 Å². The zero-order chi connectivity index (χ0) is 30.1. The third-order valence-corrected chi connectivity index (χ3v) is 6.22. The topological polar surface area (TPSA) is 184 Å². The molecule has 0 unspecified atom stereocenters. The SMILES string of the molecule is Cc1cc(=O)oc2cc(NC(=O)[C@H](Cc3ccccc3)NC(=O)[C@H](C)NC(=O)[C@H](C)NC(=O)CCC(=O)O)ccc12. The monoisotopic (exact) mass is 564 g/mol. The molecule has 0 aliphatic carbocycles. The minimum absolute atomic E-state index is 0.150. The van der Waals surface area contributed by atoms with Crippen molar-refractivity contribution in [3.8, 4) is 0 Å². The van der Waals surface area contributed by atoms with Crippen LogP contribution in [0.15, 0.2) is 63.8 Å². The number of carbonyl (C=O) groups is 5. The summed E-state index contributed by atoms with van der Waals surface area (Å²) in [4.78, 5) is 73.1. The normalized spacial score (nSPS) is 13.0. The first-order chi connectivity index (χ1) is 19.4. The molecule has 0 spiro atoms. The van der Waals surface area contributed by atoms with E-state index in [1.54, 1.807) is 43.3 Å². The Balaban J connectivity index is 1.69. The molecule has 0 fully saturated rings. The van der Waals surface area contributed by atoms with E-state index in [9.17, 15) is 28.8 Å². The fraction of sp³-hybridized carbons (Fsp3) is 0.310. The fourth-order valence-corrected chi connectivity index (χ4v) is 3.99. The molecule has 0 radical (unpaired) electrons. The van der Waals surface area contributed by atoms with Crippen molar-refractivity contribution in [1.82, 2.24) is 16.0 Å². The maximum Gasteiger partial charge on any atom is 0.336 e. The molecule has 41 heavy (non-hydrogen) atoms. The summed E-state index contributed by atoms with van der Waals surface area (Å²) in [7, 11) is 0. The lowest BCUT2D eigenvalue weighted by molar-refractivity contribution is -0.139. The van der Waals surface area contributed by atoms with E-state index in [0.29, 0.717) is 16.7 Å². The van der Waals surface area contributed by atoms with E-state index in [2.05, 4.69) is 21.3 Å². The summed E-state index contributed by atoms with van der Waals surface area (Å²) >= 11 is 0. The Labute approximate surface area is 235 Å². The summed E-state index contributed by atoms with van der Waals surface area (Å²) in [5, 5.41) is 19.7. The number of rotatable bonds is 12. The van der Waals surface area contributed by atoms with Gasteiger partial charge in [-0.05, 0) is 44.0 Å². The van der Waals surface area contributed by atoms with Gasteiger partial charge in [-0.1, -0.05) is 30.3 Å². The molecule has 0 saturated carbocycles. The van der Waals surface area contributed by atoms with Crippen LogP contribution in [0, 0.1) is 6.92 Å². The average Bonchev–Trinajstić information content (AvgIpc) is 2.91. The molecule has 2 aromatic carbocycles. The Kier molecular flexibility index (Phi) is 10.3. The number of carbonyl (C=O) groups excluding carboxylic acids is 4. The number of nitrogens with one attached hydrogen (secondary N) is 4. The van der Waals surface area contributed by atoms with Gasteiger partial charge in [-0.2, -0.15) is 0 Å². The lowest BCUT2D eigenvalue weighted by Gasteiger charge is -2.22. The van der Waals surface area contributed by atoms with Crippen LogP contribution in [0.4, 0.5) is 5.69 Å². The summed E-state index contributed by atoms with van der Waals surface area (Å²) < 4.78 is 5.25. The molecular formula is C29H32N4O8. The first-order valence-corrected chi connectivity index (χ1v) is 12.9. The van der Waals surface area contributed by atoms with Crippen molar-refractivity contribution < 1.29 is 33.5 Å². The third kappa shape index (κ3) is 9.02. The summed E-state index contributed by atoms with van der Waals surface area (Å²) in [6.45, 7) is 4.60. The molecule has 3 atom stereocenters. The summed E-state index contributed by atoms with van der Waals surface area (Å²) in [5.41, 5.74) is 1.66. The highest BCUT2D eigenvalue weighted by Gasteiger charge is 2.26. The Bertz CT molecular complexity index is 1500. The van der Waals surface area contributed by atoms with Gasteiger partial charge in [-0.25, -0.2) is 4.79 Å². The van der Waals surface area contributed by atoms with Crippen LogP contribution in [0.5, 0.6) is 0 Å². The van der Waals surface area contributed by atoms with Gasteiger partial charge in [0, 0.05) is 36.0 Å². The largest absolute Gasteiger partial charge is 0.481 e. The number of hydrogen-bond donors (Lipinski definition) is 5. The molecule has 12 heteroatoms. The average molecular weight is 565 g/mol. The van der Waals surface area contributed by atoms with Gasteiger partial charge in [0.1, 0.15) is 23.7 Å². The lowest BCUT2D eigenvalue weighted by atomic mass is 10.0. The van der Waals surface area contributed by atoms with Crippen LogP contribution in [0.25, 0.3) is 11.0 Å². The standard InChI is InChI=1S/C29H32N4O8/c1-16-13-26(37)41-23-15-20(9-10-21(16)23)32-29(40)22(14-19-7-5-4-6-8-19)33-28(39)18(3)31-27(38)17(2)30-24(34)11-12-25(35)36/h4-10,13,15,17-18,22H,11-12,14H2,1-3H3,(H,30,34)(H,31,38)(H,32,40)(H,33,39)(H,35,36)/t17-,18-,22-/m0/s1. The first-order valence-electron chi connectivity index (χ1n) is 12.9. The molecule has 0 aliphatic heterocycles. The molecule has 3 aromatic rings. The minimum Gasteiger partial charge on any atom is -0.481 e. The van der Waals surface area contributed by atoms with E-state index in [1.807, 2.05) is 6.07 Å². The number of hydrogen-bond acceptors (Lipinski definition) is 7. The van der Waals surface area contributed by atoms with Crippen molar-refractivity contribution >= 4 is 46.3 Å². The second-order valence-corrected chi connectivity index (χ2v) is 9.61. The van der Waals surface area contributed by atoms with Gasteiger partial charge < -0.3 is 30.8 Å². The number of carboxylic acid groups (broad SMARTS) is 1. The summed E-state index contributed by atoms with van der Waals surface area (Å²) in [5.74, 6) is -3.59. The van der Waals surface area contributed by atoms with Crippen LogP contribution in [0.3, 0.4) is 0 Å². The Morgan fingerprint density at radius 3 is 2.17 bits per heavy atom. The molecule has 5 N–H and O–H groups in total. The number of aliphatic carboxylic acids is 1. The smallest absolute Gasteiger partial charge is 0.336 e.